The van der Waals surface area contributed by atoms with Gasteiger partial charge in [-0.15, -0.1) is 0 Å². The fourth-order valence-electron chi connectivity index (χ4n) is 3.27. The van der Waals surface area contributed by atoms with Crippen molar-refractivity contribution in [1.29, 1.82) is 0 Å². The maximum atomic E-state index is 12.8. The van der Waals surface area contributed by atoms with E-state index in [4.69, 9.17) is 4.18 Å². The van der Waals surface area contributed by atoms with E-state index in [-0.39, 0.29) is 16.7 Å². The lowest BCUT2D eigenvalue weighted by molar-refractivity contribution is 0.473. The first kappa shape index (κ1) is 19.2. The molecule has 0 aliphatic carbocycles. The first-order valence-corrected chi connectivity index (χ1v) is 10.4. The number of aryl methyl sites for hydroxylation is 1. The maximum Gasteiger partial charge on any atom is 0.339 e. The van der Waals surface area contributed by atoms with Crippen LogP contribution in [0.2, 0.25) is 0 Å². The van der Waals surface area contributed by atoms with Crippen LogP contribution in [0.1, 0.15) is 36.5 Å². The highest BCUT2D eigenvalue weighted by Gasteiger charge is 2.25. The van der Waals surface area contributed by atoms with E-state index in [0.29, 0.717) is 5.75 Å². The summed E-state index contributed by atoms with van der Waals surface area (Å²) in [4.78, 5) is 0.156. The number of benzene rings is 3. The molecule has 0 bridgehead atoms. The molecule has 0 fully saturated rings. The molecular weight excluding hydrogens is 356 g/mol. The predicted octanol–water partition coefficient (Wildman–Crippen LogP) is 5.55. The van der Waals surface area contributed by atoms with Crippen LogP contribution in [-0.4, -0.2) is 8.42 Å². The van der Waals surface area contributed by atoms with E-state index >= 15 is 0 Å². The summed E-state index contributed by atoms with van der Waals surface area (Å²) in [7, 11) is -3.89. The van der Waals surface area contributed by atoms with Gasteiger partial charge in [0.25, 0.3) is 0 Å². The van der Waals surface area contributed by atoms with Crippen LogP contribution in [-0.2, 0) is 10.1 Å². The second kappa shape index (κ2) is 7.97. The van der Waals surface area contributed by atoms with Crippen LogP contribution < -0.4 is 4.18 Å². The molecule has 0 aromatic heterocycles. The molecule has 0 saturated carbocycles. The maximum absolute atomic E-state index is 12.8. The zero-order chi connectivity index (χ0) is 19.4. The average molecular weight is 381 g/mol. The van der Waals surface area contributed by atoms with Gasteiger partial charge in [0, 0.05) is 11.5 Å². The molecule has 3 nitrogen and oxygen atoms in total. The Labute approximate surface area is 161 Å². The Morgan fingerprint density at radius 3 is 2.00 bits per heavy atom. The molecule has 3 aromatic rings. The van der Waals surface area contributed by atoms with Crippen LogP contribution in [0.4, 0.5) is 0 Å². The molecule has 27 heavy (non-hydrogen) atoms. The van der Waals surface area contributed by atoms with E-state index in [0.717, 1.165) is 16.7 Å². The summed E-state index contributed by atoms with van der Waals surface area (Å²) in [5.41, 5.74) is 3.00. The van der Waals surface area contributed by atoms with E-state index < -0.39 is 10.1 Å². The topological polar surface area (TPSA) is 43.4 Å². The van der Waals surface area contributed by atoms with Gasteiger partial charge in [-0.3, -0.25) is 0 Å². The summed E-state index contributed by atoms with van der Waals surface area (Å²) < 4.78 is 31.1. The molecule has 3 rings (SSSR count). The molecule has 0 saturated heterocycles. The quantitative estimate of drug-likeness (QED) is 0.527. The molecule has 140 valence electrons. The normalized spacial score (nSPS) is 12.7. The Hall–Kier alpha value is -2.59. The highest BCUT2D eigenvalue weighted by molar-refractivity contribution is 7.87. The lowest BCUT2D eigenvalue weighted by atomic mass is 9.82. The third kappa shape index (κ3) is 4.40. The van der Waals surface area contributed by atoms with Gasteiger partial charge in [0.15, 0.2) is 0 Å². The van der Waals surface area contributed by atoms with Crippen molar-refractivity contribution in [3.05, 3.63) is 95.6 Å². The van der Waals surface area contributed by atoms with Crippen molar-refractivity contribution in [2.24, 2.45) is 5.92 Å². The fraction of sp³-hybridized carbons (Fsp3) is 0.217. The van der Waals surface area contributed by atoms with Gasteiger partial charge in [-0.1, -0.05) is 80.1 Å². The zero-order valence-corrected chi connectivity index (χ0v) is 16.6. The van der Waals surface area contributed by atoms with Crippen LogP contribution in [0, 0.1) is 12.8 Å². The number of hydrogen-bond acceptors (Lipinski definition) is 3. The molecule has 0 N–H and O–H groups in total. The fourth-order valence-corrected chi connectivity index (χ4v) is 4.22. The SMILES string of the molecule is Cc1ccc(S(=O)(=O)Oc2ccccc2C(c2ccccc2)C(C)C)cc1. The second-order valence-electron chi connectivity index (χ2n) is 7.02. The lowest BCUT2D eigenvalue weighted by Crippen LogP contribution is -2.14. The third-order valence-corrected chi connectivity index (χ3v) is 5.84. The van der Waals surface area contributed by atoms with Gasteiger partial charge in [0.2, 0.25) is 0 Å². The van der Waals surface area contributed by atoms with Crippen molar-refractivity contribution in [2.75, 3.05) is 0 Å². The second-order valence-corrected chi connectivity index (χ2v) is 8.57. The van der Waals surface area contributed by atoms with Crippen LogP contribution in [0.25, 0.3) is 0 Å². The highest BCUT2D eigenvalue weighted by Crippen LogP contribution is 2.38. The number of rotatable bonds is 6. The minimum Gasteiger partial charge on any atom is -0.379 e. The molecule has 4 heteroatoms. The molecule has 0 aliphatic rings. The number of para-hydroxylation sites is 1. The minimum absolute atomic E-state index is 0.0376. The van der Waals surface area contributed by atoms with E-state index in [1.807, 2.05) is 37.3 Å². The van der Waals surface area contributed by atoms with Gasteiger partial charge >= 0.3 is 10.1 Å². The van der Waals surface area contributed by atoms with Gasteiger partial charge in [-0.25, -0.2) is 0 Å². The van der Waals surface area contributed by atoms with E-state index in [1.165, 1.54) is 0 Å². The van der Waals surface area contributed by atoms with Crippen LogP contribution in [0.15, 0.2) is 83.8 Å². The smallest absolute Gasteiger partial charge is 0.339 e. The number of hydrogen-bond donors (Lipinski definition) is 0. The summed E-state index contributed by atoms with van der Waals surface area (Å²) in [6.45, 7) is 6.17. The van der Waals surface area contributed by atoms with Crippen molar-refractivity contribution in [2.45, 2.75) is 31.6 Å². The van der Waals surface area contributed by atoms with Crippen molar-refractivity contribution >= 4 is 10.1 Å². The predicted molar refractivity (Wildman–Crippen MR) is 109 cm³/mol. The molecule has 0 spiro atoms. The molecule has 0 aliphatic heterocycles. The minimum atomic E-state index is -3.89. The first-order chi connectivity index (χ1) is 12.9. The Morgan fingerprint density at radius 1 is 0.778 bits per heavy atom. The lowest BCUT2D eigenvalue weighted by Gasteiger charge is -2.24. The Bertz CT molecular complexity index is 991. The van der Waals surface area contributed by atoms with E-state index in [9.17, 15) is 8.42 Å². The van der Waals surface area contributed by atoms with Crippen molar-refractivity contribution in [1.82, 2.24) is 0 Å². The van der Waals surface area contributed by atoms with Gasteiger partial charge in [0.1, 0.15) is 10.6 Å². The summed E-state index contributed by atoms with van der Waals surface area (Å²) >= 11 is 0. The molecule has 1 atom stereocenters. The Balaban J connectivity index is 2.02. The molecule has 0 amide bonds. The Morgan fingerprint density at radius 2 is 1.37 bits per heavy atom. The van der Waals surface area contributed by atoms with E-state index in [2.05, 4.69) is 26.0 Å². The van der Waals surface area contributed by atoms with Gasteiger partial charge in [-0.2, -0.15) is 8.42 Å². The highest BCUT2D eigenvalue weighted by atomic mass is 32.2. The Kier molecular flexibility index (Phi) is 5.66. The van der Waals surface area contributed by atoms with Gasteiger partial charge in [0.05, 0.1) is 0 Å². The summed E-state index contributed by atoms with van der Waals surface area (Å²) in [5.74, 6) is 0.690. The first-order valence-electron chi connectivity index (χ1n) is 9.03. The van der Waals surface area contributed by atoms with Gasteiger partial charge in [-0.05, 0) is 36.6 Å². The monoisotopic (exact) mass is 380 g/mol. The van der Waals surface area contributed by atoms with Crippen LogP contribution >= 0.6 is 0 Å². The molecular formula is C23H24O3S. The summed E-state index contributed by atoms with van der Waals surface area (Å²) in [6.07, 6.45) is 0. The summed E-state index contributed by atoms with van der Waals surface area (Å²) in [5, 5.41) is 0. The largest absolute Gasteiger partial charge is 0.379 e. The molecule has 0 heterocycles. The van der Waals surface area contributed by atoms with Crippen molar-refractivity contribution in [3.8, 4) is 5.75 Å². The van der Waals surface area contributed by atoms with Crippen LogP contribution in [0.5, 0.6) is 5.75 Å². The van der Waals surface area contributed by atoms with E-state index in [1.54, 1.807) is 36.4 Å². The molecule has 0 radical (unpaired) electrons. The summed E-state index contributed by atoms with van der Waals surface area (Å²) in [6, 6.07) is 24.2. The molecule has 3 aromatic carbocycles. The van der Waals surface area contributed by atoms with Gasteiger partial charge < -0.3 is 4.18 Å². The average Bonchev–Trinajstić information content (AvgIpc) is 2.64. The third-order valence-electron chi connectivity index (χ3n) is 4.59. The van der Waals surface area contributed by atoms with Crippen molar-refractivity contribution in [3.63, 3.8) is 0 Å². The van der Waals surface area contributed by atoms with Crippen molar-refractivity contribution < 1.29 is 12.6 Å². The van der Waals surface area contributed by atoms with Crippen LogP contribution in [0.3, 0.4) is 0 Å². The standard InChI is InChI=1S/C23H24O3S/c1-17(2)23(19-9-5-4-6-10-19)21-11-7-8-12-22(21)26-27(24,25)20-15-13-18(3)14-16-20/h4-17,23H,1-3H3. The molecule has 1 unspecified atom stereocenters. The zero-order valence-electron chi connectivity index (χ0n) is 15.8.